The van der Waals surface area contributed by atoms with Crippen LogP contribution in [0.15, 0.2) is 42.5 Å². The van der Waals surface area contributed by atoms with Crippen LogP contribution in [0, 0.1) is 5.82 Å². The third-order valence-electron chi connectivity index (χ3n) is 3.48. The summed E-state index contributed by atoms with van der Waals surface area (Å²) in [6.07, 6.45) is 2.09. The number of benzene rings is 2. The van der Waals surface area contributed by atoms with Crippen molar-refractivity contribution in [3.05, 3.63) is 59.4 Å². The van der Waals surface area contributed by atoms with Crippen molar-refractivity contribution in [2.45, 2.75) is 33.2 Å². The maximum Gasteiger partial charge on any atom is 0.127 e. The second kappa shape index (κ2) is 7.20. The molecule has 0 atom stereocenters. The SMILES string of the molecule is CCCNCc1cc(-c2ccc(CC)cc2)ccc1F. The summed E-state index contributed by atoms with van der Waals surface area (Å²) < 4.78 is 13.8. The maximum atomic E-state index is 13.8. The molecular weight excluding hydrogens is 249 g/mol. The van der Waals surface area contributed by atoms with E-state index in [1.165, 1.54) is 5.56 Å². The van der Waals surface area contributed by atoms with Crippen molar-refractivity contribution in [1.82, 2.24) is 5.32 Å². The first kappa shape index (κ1) is 14.7. The first-order valence-corrected chi connectivity index (χ1v) is 7.33. The number of hydrogen-bond donors (Lipinski definition) is 1. The Morgan fingerprint density at radius 1 is 0.950 bits per heavy atom. The number of halogens is 1. The summed E-state index contributed by atoms with van der Waals surface area (Å²) in [6.45, 7) is 5.74. The van der Waals surface area contributed by atoms with Gasteiger partial charge in [-0.25, -0.2) is 4.39 Å². The van der Waals surface area contributed by atoms with Gasteiger partial charge in [-0.05, 0) is 48.2 Å². The molecule has 20 heavy (non-hydrogen) atoms. The van der Waals surface area contributed by atoms with Crippen LogP contribution in [0.25, 0.3) is 11.1 Å². The number of hydrogen-bond acceptors (Lipinski definition) is 1. The summed E-state index contributed by atoms with van der Waals surface area (Å²) in [6, 6.07) is 13.8. The first-order chi connectivity index (χ1) is 9.74. The molecule has 0 aliphatic heterocycles. The van der Waals surface area contributed by atoms with Gasteiger partial charge in [0.15, 0.2) is 0 Å². The molecule has 0 aliphatic carbocycles. The van der Waals surface area contributed by atoms with Crippen LogP contribution in [-0.4, -0.2) is 6.54 Å². The van der Waals surface area contributed by atoms with E-state index in [4.69, 9.17) is 0 Å². The van der Waals surface area contributed by atoms with E-state index in [9.17, 15) is 4.39 Å². The smallest absolute Gasteiger partial charge is 0.127 e. The highest BCUT2D eigenvalue weighted by Gasteiger charge is 2.05. The minimum atomic E-state index is -0.137. The minimum absolute atomic E-state index is 0.137. The molecule has 0 spiro atoms. The topological polar surface area (TPSA) is 12.0 Å². The lowest BCUT2D eigenvalue weighted by Crippen LogP contribution is -2.14. The highest BCUT2D eigenvalue weighted by atomic mass is 19.1. The molecule has 0 heterocycles. The summed E-state index contributed by atoms with van der Waals surface area (Å²) in [7, 11) is 0. The molecule has 2 aromatic carbocycles. The quantitative estimate of drug-likeness (QED) is 0.760. The zero-order valence-electron chi connectivity index (χ0n) is 12.2. The molecule has 1 N–H and O–H groups in total. The molecule has 106 valence electrons. The molecule has 0 aromatic heterocycles. The summed E-state index contributed by atoms with van der Waals surface area (Å²) in [5.41, 5.74) is 4.26. The molecular formula is C18H22FN. The third kappa shape index (κ3) is 3.67. The van der Waals surface area contributed by atoms with E-state index < -0.39 is 0 Å². The Balaban J connectivity index is 2.20. The fourth-order valence-corrected chi connectivity index (χ4v) is 2.22. The molecule has 0 aliphatic rings. The molecule has 0 radical (unpaired) electrons. The minimum Gasteiger partial charge on any atom is -0.313 e. The van der Waals surface area contributed by atoms with Crippen LogP contribution in [0.2, 0.25) is 0 Å². The zero-order chi connectivity index (χ0) is 14.4. The maximum absolute atomic E-state index is 13.8. The fourth-order valence-electron chi connectivity index (χ4n) is 2.22. The molecule has 2 aromatic rings. The molecule has 0 unspecified atom stereocenters. The van der Waals surface area contributed by atoms with Gasteiger partial charge >= 0.3 is 0 Å². The van der Waals surface area contributed by atoms with Gasteiger partial charge in [-0.1, -0.05) is 44.2 Å². The molecule has 0 saturated heterocycles. The van der Waals surface area contributed by atoms with E-state index in [-0.39, 0.29) is 5.82 Å². The monoisotopic (exact) mass is 271 g/mol. The Kier molecular flexibility index (Phi) is 5.31. The van der Waals surface area contributed by atoms with Crippen molar-refractivity contribution >= 4 is 0 Å². The van der Waals surface area contributed by atoms with E-state index in [1.807, 2.05) is 12.1 Å². The van der Waals surface area contributed by atoms with Crippen LogP contribution in [0.4, 0.5) is 4.39 Å². The van der Waals surface area contributed by atoms with E-state index in [1.54, 1.807) is 6.07 Å². The van der Waals surface area contributed by atoms with Crippen molar-refractivity contribution in [3.8, 4) is 11.1 Å². The Bertz CT molecular complexity index is 546. The summed E-state index contributed by atoms with van der Waals surface area (Å²) in [4.78, 5) is 0. The van der Waals surface area contributed by atoms with Crippen LogP contribution >= 0.6 is 0 Å². The van der Waals surface area contributed by atoms with Gasteiger partial charge < -0.3 is 5.32 Å². The molecule has 0 amide bonds. The highest BCUT2D eigenvalue weighted by Crippen LogP contribution is 2.22. The fraction of sp³-hybridized carbons (Fsp3) is 0.333. The third-order valence-corrected chi connectivity index (χ3v) is 3.48. The van der Waals surface area contributed by atoms with E-state index >= 15 is 0 Å². The summed E-state index contributed by atoms with van der Waals surface area (Å²) in [5, 5.41) is 3.25. The Morgan fingerprint density at radius 3 is 2.30 bits per heavy atom. The lowest BCUT2D eigenvalue weighted by atomic mass is 10.0. The first-order valence-electron chi connectivity index (χ1n) is 7.33. The van der Waals surface area contributed by atoms with Crippen LogP contribution in [-0.2, 0) is 13.0 Å². The molecule has 0 bridgehead atoms. The van der Waals surface area contributed by atoms with Crippen molar-refractivity contribution in [3.63, 3.8) is 0 Å². The average molecular weight is 271 g/mol. The number of nitrogens with one attached hydrogen (secondary N) is 1. The molecule has 2 heteroatoms. The second-order valence-electron chi connectivity index (χ2n) is 5.03. The number of aryl methyl sites for hydroxylation is 1. The van der Waals surface area contributed by atoms with Crippen molar-refractivity contribution in [2.24, 2.45) is 0 Å². The largest absolute Gasteiger partial charge is 0.313 e. The van der Waals surface area contributed by atoms with Gasteiger partial charge in [0.05, 0.1) is 0 Å². The van der Waals surface area contributed by atoms with Gasteiger partial charge in [-0.2, -0.15) is 0 Å². The van der Waals surface area contributed by atoms with Crippen LogP contribution in [0.3, 0.4) is 0 Å². The van der Waals surface area contributed by atoms with E-state index in [0.717, 1.165) is 36.1 Å². The van der Waals surface area contributed by atoms with Crippen molar-refractivity contribution in [1.29, 1.82) is 0 Å². The van der Waals surface area contributed by atoms with Crippen LogP contribution < -0.4 is 5.32 Å². The average Bonchev–Trinajstić information content (AvgIpc) is 2.49. The predicted octanol–water partition coefficient (Wildman–Crippen LogP) is 4.55. The molecule has 0 fully saturated rings. The molecule has 2 rings (SSSR count). The van der Waals surface area contributed by atoms with Gasteiger partial charge in [0.2, 0.25) is 0 Å². The van der Waals surface area contributed by atoms with E-state index in [0.29, 0.717) is 6.54 Å². The van der Waals surface area contributed by atoms with Crippen LogP contribution in [0.1, 0.15) is 31.4 Å². The van der Waals surface area contributed by atoms with Gasteiger partial charge in [-0.15, -0.1) is 0 Å². The molecule has 0 saturated carbocycles. The lowest BCUT2D eigenvalue weighted by Gasteiger charge is -2.09. The summed E-state index contributed by atoms with van der Waals surface area (Å²) in [5.74, 6) is -0.137. The van der Waals surface area contributed by atoms with Gasteiger partial charge in [0.25, 0.3) is 0 Å². The van der Waals surface area contributed by atoms with Crippen molar-refractivity contribution < 1.29 is 4.39 Å². The Labute approximate surface area is 120 Å². The highest BCUT2D eigenvalue weighted by molar-refractivity contribution is 5.64. The number of rotatable bonds is 6. The Hall–Kier alpha value is -1.67. The van der Waals surface area contributed by atoms with E-state index in [2.05, 4.69) is 43.4 Å². The molecule has 1 nitrogen and oxygen atoms in total. The summed E-state index contributed by atoms with van der Waals surface area (Å²) >= 11 is 0. The lowest BCUT2D eigenvalue weighted by molar-refractivity contribution is 0.587. The van der Waals surface area contributed by atoms with Crippen LogP contribution in [0.5, 0.6) is 0 Å². The second-order valence-corrected chi connectivity index (χ2v) is 5.03. The predicted molar refractivity (Wildman–Crippen MR) is 83.2 cm³/mol. The normalized spacial score (nSPS) is 10.8. The van der Waals surface area contributed by atoms with Gasteiger partial charge in [0.1, 0.15) is 5.82 Å². The zero-order valence-corrected chi connectivity index (χ0v) is 12.2. The van der Waals surface area contributed by atoms with Gasteiger partial charge in [0, 0.05) is 12.1 Å². The Morgan fingerprint density at radius 2 is 1.65 bits per heavy atom. The standard InChI is InChI=1S/C18H22FN/c1-3-11-20-13-17-12-16(9-10-18(17)19)15-7-5-14(4-2)6-8-15/h5-10,12,20H,3-4,11,13H2,1-2H3. The van der Waals surface area contributed by atoms with Crippen molar-refractivity contribution in [2.75, 3.05) is 6.54 Å². The van der Waals surface area contributed by atoms with Gasteiger partial charge in [-0.3, -0.25) is 0 Å².